The fraction of sp³-hybridized carbons (Fsp3) is 0. The third-order valence-electron chi connectivity index (χ3n) is 8.67. The van der Waals surface area contributed by atoms with Gasteiger partial charge in [-0.3, -0.25) is 30.8 Å². The Balaban J connectivity index is 1.03. The van der Waals surface area contributed by atoms with Gasteiger partial charge in [0.1, 0.15) is 4.90 Å². The zero-order valence-electron chi connectivity index (χ0n) is 28.0. The van der Waals surface area contributed by atoms with Crippen molar-refractivity contribution in [1.82, 2.24) is 0 Å². The maximum Gasteiger partial charge on any atom is 0.295 e. The molecular weight excluding hydrogens is 813 g/mol. The van der Waals surface area contributed by atoms with Gasteiger partial charge in [0.25, 0.3) is 20.2 Å². The summed E-state index contributed by atoms with van der Waals surface area (Å²) in [4.78, 5) is 0.498. The van der Waals surface area contributed by atoms with E-state index in [0.717, 1.165) is 28.2 Å². The van der Waals surface area contributed by atoms with Crippen LogP contribution in [0.1, 0.15) is 11.1 Å². The molecule has 8 N–H and O–H groups in total. The minimum atomic E-state index is -4.72. The van der Waals surface area contributed by atoms with E-state index >= 15 is 0 Å². The first-order valence-corrected chi connectivity index (χ1v) is 20.3. The lowest BCUT2D eigenvalue weighted by Gasteiger charge is -2.20. The van der Waals surface area contributed by atoms with Crippen LogP contribution in [0.25, 0.3) is 33.7 Å². The molecule has 0 radical (unpaired) electrons. The second-order valence-electron chi connectivity index (χ2n) is 12.1. The first-order chi connectivity index (χ1) is 26.9. The molecular formula is C34H26N6O12S4. The zero-order valence-corrected chi connectivity index (χ0v) is 31.2. The van der Waals surface area contributed by atoms with Gasteiger partial charge in [0.15, 0.2) is 0 Å². The SMILES string of the molecule is O=S(=O)(O)c1ccc2cc3c(cc2c1)NN(c1ccc(C=Cc2ccc(N4Nc5cc6ccc(SOOO)cc6cc5N4)cc2S(=O)(=O)O)c(SOOO)c1)N3. The number of benzene rings is 6. The second kappa shape index (κ2) is 15.0. The molecule has 18 nitrogen and oxygen atoms in total. The summed E-state index contributed by atoms with van der Waals surface area (Å²) in [6, 6.07) is 26.6. The van der Waals surface area contributed by atoms with Gasteiger partial charge in [0.05, 0.1) is 63.1 Å². The minimum absolute atomic E-state index is 0.166. The predicted octanol–water partition coefficient (Wildman–Crippen LogP) is 7.86. The summed E-state index contributed by atoms with van der Waals surface area (Å²) >= 11 is 1.50. The van der Waals surface area contributed by atoms with Crippen LogP contribution in [0.15, 0.2) is 117 Å². The van der Waals surface area contributed by atoms with Crippen LogP contribution in [0.5, 0.6) is 0 Å². The summed E-state index contributed by atoms with van der Waals surface area (Å²) in [7, 11) is -9.11. The highest BCUT2D eigenvalue weighted by Gasteiger charge is 2.24. The van der Waals surface area contributed by atoms with E-state index in [1.165, 1.54) is 35.5 Å². The quantitative estimate of drug-likeness (QED) is 0.0192. The van der Waals surface area contributed by atoms with Gasteiger partial charge in [-0.15, -0.1) is 8.67 Å². The molecule has 8 rings (SSSR count). The molecule has 0 atom stereocenters. The number of fused-ring (bicyclic) bond motifs is 4. The summed E-state index contributed by atoms with van der Waals surface area (Å²) in [5.74, 6) is 0. The van der Waals surface area contributed by atoms with Gasteiger partial charge in [-0.05, 0) is 105 Å². The van der Waals surface area contributed by atoms with Crippen molar-refractivity contribution in [3.05, 3.63) is 108 Å². The van der Waals surface area contributed by atoms with Crippen LogP contribution >= 0.6 is 24.1 Å². The van der Waals surface area contributed by atoms with E-state index in [1.807, 2.05) is 24.3 Å². The van der Waals surface area contributed by atoms with E-state index in [4.69, 9.17) is 14.8 Å². The van der Waals surface area contributed by atoms with Gasteiger partial charge in [0, 0.05) is 9.79 Å². The van der Waals surface area contributed by atoms with Gasteiger partial charge in [-0.1, -0.05) is 46.5 Å². The van der Waals surface area contributed by atoms with Crippen molar-refractivity contribution in [3.8, 4) is 0 Å². The minimum Gasteiger partial charge on any atom is -0.282 e. The summed E-state index contributed by atoms with van der Waals surface area (Å²) in [6.45, 7) is 0. The van der Waals surface area contributed by atoms with Crippen LogP contribution in [0.2, 0.25) is 0 Å². The Kier molecular flexibility index (Phi) is 10.0. The Labute approximate surface area is 325 Å². The lowest BCUT2D eigenvalue weighted by atomic mass is 10.1. The fourth-order valence-corrected chi connectivity index (χ4v) is 8.24. The average Bonchev–Trinajstić information content (AvgIpc) is 3.79. The number of nitrogens with one attached hydrogen (secondary N) is 4. The zero-order chi connectivity index (χ0) is 39.2. The summed E-state index contributed by atoms with van der Waals surface area (Å²) in [5.41, 5.74) is 17.0. The molecule has 0 fully saturated rings. The highest BCUT2D eigenvalue weighted by atomic mass is 32.2. The third kappa shape index (κ3) is 7.72. The molecule has 2 aliphatic rings. The lowest BCUT2D eigenvalue weighted by Crippen LogP contribution is -2.29. The summed E-state index contributed by atoms with van der Waals surface area (Å²) < 4.78 is 77.6. The van der Waals surface area contributed by atoms with Crippen molar-refractivity contribution in [1.29, 1.82) is 0 Å². The van der Waals surface area contributed by atoms with Crippen molar-refractivity contribution in [2.75, 3.05) is 31.9 Å². The molecule has 0 saturated heterocycles. The average molecular weight is 839 g/mol. The topological polar surface area (TPSA) is 241 Å². The Bertz CT molecular complexity index is 2790. The molecule has 56 heavy (non-hydrogen) atoms. The molecule has 0 unspecified atom stereocenters. The molecule has 0 aromatic heterocycles. The summed E-state index contributed by atoms with van der Waals surface area (Å²) in [5, 5.41) is 31.0. The van der Waals surface area contributed by atoms with Crippen LogP contribution in [0.3, 0.4) is 0 Å². The lowest BCUT2D eigenvalue weighted by molar-refractivity contribution is -0.432. The van der Waals surface area contributed by atoms with E-state index in [2.05, 4.69) is 36.1 Å². The Morgan fingerprint density at radius 2 is 1.05 bits per heavy atom. The number of hydrogen-bond acceptors (Lipinski definition) is 18. The Hall–Kier alpha value is -5.34. The fourth-order valence-electron chi connectivity index (χ4n) is 6.11. The smallest absolute Gasteiger partial charge is 0.282 e. The van der Waals surface area contributed by atoms with Crippen LogP contribution in [-0.2, 0) is 39.0 Å². The van der Waals surface area contributed by atoms with Gasteiger partial charge >= 0.3 is 0 Å². The normalized spacial score (nSPS) is 13.8. The molecule has 288 valence electrons. The van der Waals surface area contributed by atoms with Crippen molar-refractivity contribution >= 4 is 112 Å². The van der Waals surface area contributed by atoms with E-state index in [1.54, 1.807) is 59.7 Å². The van der Waals surface area contributed by atoms with E-state index in [-0.39, 0.29) is 15.4 Å². The highest BCUT2D eigenvalue weighted by Crippen LogP contribution is 2.39. The summed E-state index contributed by atoms with van der Waals surface area (Å²) in [6.07, 6.45) is 3.08. The van der Waals surface area contributed by atoms with Crippen molar-refractivity contribution in [2.24, 2.45) is 0 Å². The molecule has 0 bridgehead atoms. The number of hydrogen-bond donors (Lipinski definition) is 8. The first-order valence-electron chi connectivity index (χ1n) is 15.9. The monoisotopic (exact) mass is 838 g/mol. The largest absolute Gasteiger partial charge is 0.295 e. The van der Waals surface area contributed by atoms with Crippen molar-refractivity contribution < 1.29 is 55.2 Å². The van der Waals surface area contributed by atoms with E-state index < -0.39 is 20.2 Å². The molecule has 2 heterocycles. The van der Waals surface area contributed by atoms with Crippen molar-refractivity contribution in [2.45, 2.75) is 19.6 Å². The maximum atomic E-state index is 12.6. The van der Waals surface area contributed by atoms with E-state index in [0.29, 0.717) is 66.9 Å². The molecule has 22 heteroatoms. The molecule has 0 spiro atoms. The predicted molar refractivity (Wildman–Crippen MR) is 210 cm³/mol. The molecule has 6 aromatic rings. The van der Waals surface area contributed by atoms with Gasteiger partial charge in [-0.2, -0.15) is 27.1 Å². The molecule has 6 aromatic carbocycles. The Morgan fingerprint density at radius 3 is 1.64 bits per heavy atom. The van der Waals surface area contributed by atoms with Crippen molar-refractivity contribution in [3.63, 3.8) is 0 Å². The van der Waals surface area contributed by atoms with Crippen LogP contribution in [0, 0.1) is 0 Å². The maximum absolute atomic E-state index is 12.6. The molecule has 2 aliphatic heterocycles. The third-order valence-corrected chi connectivity index (χ3v) is 11.7. The van der Waals surface area contributed by atoms with Gasteiger partial charge in [-0.25, -0.2) is 10.5 Å². The number of rotatable bonds is 12. The van der Waals surface area contributed by atoms with Crippen LogP contribution in [0.4, 0.5) is 34.1 Å². The Morgan fingerprint density at radius 1 is 0.536 bits per heavy atom. The molecule has 0 amide bonds. The first kappa shape index (κ1) is 37.6. The van der Waals surface area contributed by atoms with Gasteiger partial charge < -0.3 is 0 Å². The number of anilines is 6. The van der Waals surface area contributed by atoms with Crippen LogP contribution in [-0.4, -0.2) is 36.5 Å². The van der Waals surface area contributed by atoms with E-state index in [9.17, 15) is 25.9 Å². The standard InChI is InChI=1S/C34H26N6O12S4/c41-49-51-53-27-9-5-21-13-29-31(15-23(21)11-27)38-40(36-29)26-8-4-20(34(18-26)56(46,47)48)2-1-19-3-7-25(17-33(19)54-52-50-42)39-35-30-14-22-6-10-28(55(43,44)45)12-24(22)16-32(30)37-39/h1-18,35-38,41-42H,(H,43,44,45)(H,46,47,48). The van der Waals surface area contributed by atoms with Gasteiger partial charge in [0.2, 0.25) is 0 Å². The molecule has 0 aliphatic carbocycles. The highest BCUT2D eigenvalue weighted by molar-refractivity contribution is 7.94. The second-order valence-corrected chi connectivity index (χ2v) is 16.4. The number of hydrazine groups is 4. The molecule has 0 saturated carbocycles. The van der Waals surface area contributed by atoms with Crippen LogP contribution < -0.4 is 31.9 Å². The number of nitrogens with zero attached hydrogens (tertiary/aromatic N) is 2.